The fourth-order valence-corrected chi connectivity index (χ4v) is 3.27. The van der Waals surface area contributed by atoms with Gasteiger partial charge in [-0.1, -0.05) is 31.0 Å². The molecule has 1 fully saturated rings. The van der Waals surface area contributed by atoms with Gasteiger partial charge < -0.3 is 15.7 Å². The number of amides is 3. The minimum absolute atomic E-state index is 0.349. The van der Waals surface area contributed by atoms with Crippen LogP contribution in [0.3, 0.4) is 0 Å². The zero-order valence-corrected chi connectivity index (χ0v) is 14.7. The molecule has 0 radical (unpaired) electrons. The number of hydrogen-bond acceptors (Lipinski definition) is 4. The number of carboxylic acid groups (broad SMARTS) is 1. The molecule has 1 atom stereocenters. The highest BCUT2D eigenvalue weighted by molar-refractivity contribution is 7.18. The zero-order valence-electron chi connectivity index (χ0n) is 13.9. The Hall–Kier alpha value is -2.87. The molecular formula is C18H19N3O4S. The molecule has 7 nitrogen and oxygen atoms in total. The van der Waals surface area contributed by atoms with Gasteiger partial charge in [-0.15, -0.1) is 11.3 Å². The predicted molar refractivity (Wildman–Crippen MR) is 99.6 cm³/mol. The monoisotopic (exact) mass is 373 g/mol. The van der Waals surface area contributed by atoms with Gasteiger partial charge in [-0.05, 0) is 36.6 Å². The van der Waals surface area contributed by atoms with E-state index in [4.69, 9.17) is 0 Å². The molecule has 1 aliphatic carbocycles. The summed E-state index contributed by atoms with van der Waals surface area (Å²) in [6.07, 6.45) is 2.49. The quantitative estimate of drug-likeness (QED) is 0.597. The summed E-state index contributed by atoms with van der Waals surface area (Å²) in [6, 6.07) is 10.9. The summed E-state index contributed by atoms with van der Waals surface area (Å²) >= 11 is 1.09. The number of carbonyl (C=O) groups is 3. The Labute approximate surface area is 154 Å². The topological polar surface area (TPSA) is 108 Å². The molecule has 2 aromatic rings. The van der Waals surface area contributed by atoms with Gasteiger partial charge in [0.15, 0.2) is 0 Å². The fraction of sp³-hybridized carbons (Fsp3) is 0.278. The van der Waals surface area contributed by atoms with Crippen molar-refractivity contribution >= 4 is 39.9 Å². The molecule has 1 aromatic carbocycles. The highest BCUT2D eigenvalue weighted by Gasteiger charge is 2.30. The van der Waals surface area contributed by atoms with Crippen molar-refractivity contribution in [2.75, 3.05) is 10.6 Å². The number of carbonyl (C=O) groups excluding carboxylic acids is 2. The standard InChI is InChI=1S/C18H19N3O4S/c22-16(20-13(17(23)24)10-11-6-7-11)14-8-9-15(26-14)21-18(25)19-12-4-2-1-3-5-12/h1-5,8-9,11,13H,6-7,10H2,(H,20,22)(H,23,24)(H2,19,21,25). The molecule has 1 aromatic heterocycles. The van der Waals surface area contributed by atoms with E-state index in [-0.39, 0.29) is 0 Å². The van der Waals surface area contributed by atoms with Gasteiger partial charge in [0.1, 0.15) is 6.04 Å². The molecule has 0 spiro atoms. The molecule has 1 unspecified atom stereocenters. The van der Waals surface area contributed by atoms with Crippen molar-refractivity contribution in [3.05, 3.63) is 47.3 Å². The molecular weight excluding hydrogens is 354 g/mol. The van der Waals surface area contributed by atoms with Gasteiger partial charge in [0.25, 0.3) is 5.91 Å². The lowest BCUT2D eigenvalue weighted by Crippen LogP contribution is -2.40. The summed E-state index contributed by atoms with van der Waals surface area (Å²) in [5, 5.41) is 17.6. The minimum Gasteiger partial charge on any atom is -0.480 e. The van der Waals surface area contributed by atoms with Crippen molar-refractivity contribution in [2.24, 2.45) is 5.92 Å². The van der Waals surface area contributed by atoms with E-state index in [1.807, 2.05) is 18.2 Å². The van der Waals surface area contributed by atoms with Crippen LogP contribution in [0.25, 0.3) is 0 Å². The van der Waals surface area contributed by atoms with Gasteiger partial charge in [-0.3, -0.25) is 10.1 Å². The first-order chi connectivity index (χ1) is 12.5. The van der Waals surface area contributed by atoms with E-state index in [0.29, 0.717) is 27.9 Å². The molecule has 4 N–H and O–H groups in total. The van der Waals surface area contributed by atoms with Crippen LogP contribution in [0.5, 0.6) is 0 Å². The molecule has 3 rings (SSSR count). The predicted octanol–water partition coefficient (Wildman–Crippen LogP) is 3.38. The SMILES string of the molecule is O=C(Nc1ccccc1)Nc1ccc(C(=O)NC(CC2CC2)C(=O)O)s1. The molecule has 0 aliphatic heterocycles. The van der Waals surface area contributed by atoms with Crippen LogP contribution < -0.4 is 16.0 Å². The summed E-state index contributed by atoms with van der Waals surface area (Å²) in [6.45, 7) is 0. The molecule has 1 heterocycles. The van der Waals surface area contributed by atoms with Crippen molar-refractivity contribution in [3.8, 4) is 0 Å². The highest BCUT2D eigenvalue weighted by atomic mass is 32.1. The molecule has 1 saturated carbocycles. The van der Waals surface area contributed by atoms with E-state index >= 15 is 0 Å². The summed E-state index contributed by atoms with van der Waals surface area (Å²) in [4.78, 5) is 35.8. The Bertz CT molecular complexity index is 802. The number of thiophene rings is 1. The van der Waals surface area contributed by atoms with E-state index in [1.54, 1.807) is 24.3 Å². The molecule has 8 heteroatoms. The van der Waals surface area contributed by atoms with Crippen LogP contribution in [0.15, 0.2) is 42.5 Å². The lowest BCUT2D eigenvalue weighted by atomic mass is 10.1. The van der Waals surface area contributed by atoms with Crippen LogP contribution in [0.1, 0.15) is 28.9 Å². The average molecular weight is 373 g/mol. The molecule has 0 saturated heterocycles. The fourth-order valence-electron chi connectivity index (χ4n) is 2.46. The Morgan fingerprint density at radius 3 is 2.46 bits per heavy atom. The number of aliphatic carboxylic acids is 1. The Kier molecular flexibility index (Phi) is 5.52. The number of anilines is 2. The van der Waals surface area contributed by atoms with Crippen LogP contribution in [0, 0.1) is 5.92 Å². The summed E-state index contributed by atoms with van der Waals surface area (Å²) in [5.41, 5.74) is 0.656. The lowest BCUT2D eigenvalue weighted by Gasteiger charge is -2.13. The normalized spacial score (nSPS) is 14.3. The lowest BCUT2D eigenvalue weighted by molar-refractivity contribution is -0.139. The van der Waals surface area contributed by atoms with E-state index in [0.717, 1.165) is 24.2 Å². The van der Waals surface area contributed by atoms with Crippen molar-refractivity contribution in [2.45, 2.75) is 25.3 Å². The van der Waals surface area contributed by atoms with Crippen molar-refractivity contribution in [1.82, 2.24) is 5.32 Å². The third-order valence-corrected chi connectivity index (χ3v) is 4.97. The average Bonchev–Trinajstić information content (AvgIpc) is 3.31. The third kappa shape index (κ3) is 5.06. The number of urea groups is 1. The third-order valence-electron chi connectivity index (χ3n) is 3.97. The molecule has 1 aliphatic rings. The van der Waals surface area contributed by atoms with Gasteiger partial charge in [0, 0.05) is 5.69 Å². The van der Waals surface area contributed by atoms with Gasteiger partial charge >= 0.3 is 12.0 Å². The molecule has 136 valence electrons. The summed E-state index contributed by atoms with van der Waals surface area (Å²) < 4.78 is 0. The van der Waals surface area contributed by atoms with Crippen molar-refractivity contribution in [3.63, 3.8) is 0 Å². The zero-order chi connectivity index (χ0) is 18.5. The number of hydrogen-bond donors (Lipinski definition) is 4. The van der Waals surface area contributed by atoms with E-state index in [9.17, 15) is 19.5 Å². The van der Waals surface area contributed by atoms with Crippen molar-refractivity contribution in [1.29, 1.82) is 0 Å². The van der Waals surface area contributed by atoms with E-state index in [2.05, 4.69) is 16.0 Å². The van der Waals surface area contributed by atoms with Crippen LogP contribution in [-0.4, -0.2) is 29.1 Å². The van der Waals surface area contributed by atoms with Gasteiger partial charge in [0.05, 0.1) is 9.88 Å². The highest BCUT2D eigenvalue weighted by Crippen LogP contribution is 2.33. The second-order valence-electron chi connectivity index (χ2n) is 6.15. The first kappa shape index (κ1) is 17.9. The maximum Gasteiger partial charge on any atom is 0.326 e. The Balaban J connectivity index is 1.55. The second kappa shape index (κ2) is 8.01. The first-order valence-electron chi connectivity index (χ1n) is 8.28. The first-order valence-corrected chi connectivity index (χ1v) is 9.09. The van der Waals surface area contributed by atoms with Crippen molar-refractivity contribution < 1.29 is 19.5 Å². The maximum atomic E-state index is 12.3. The number of rotatable bonds is 7. The van der Waals surface area contributed by atoms with Crippen LogP contribution >= 0.6 is 11.3 Å². The molecule has 0 bridgehead atoms. The Morgan fingerprint density at radius 1 is 1.08 bits per heavy atom. The minimum atomic E-state index is -1.03. The number of para-hydroxylation sites is 1. The van der Waals surface area contributed by atoms with Crippen LogP contribution in [0.4, 0.5) is 15.5 Å². The second-order valence-corrected chi connectivity index (χ2v) is 7.24. The Morgan fingerprint density at radius 2 is 1.81 bits per heavy atom. The smallest absolute Gasteiger partial charge is 0.326 e. The van der Waals surface area contributed by atoms with Crippen LogP contribution in [-0.2, 0) is 4.79 Å². The van der Waals surface area contributed by atoms with Crippen LogP contribution in [0.2, 0.25) is 0 Å². The molecule has 26 heavy (non-hydrogen) atoms. The summed E-state index contributed by atoms with van der Waals surface area (Å²) in [5.74, 6) is -1.08. The van der Waals surface area contributed by atoms with E-state index in [1.165, 1.54) is 0 Å². The maximum absolute atomic E-state index is 12.3. The van der Waals surface area contributed by atoms with Gasteiger partial charge in [-0.25, -0.2) is 9.59 Å². The number of nitrogens with one attached hydrogen (secondary N) is 3. The number of benzene rings is 1. The largest absolute Gasteiger partial charge is 0.480 e. The number of carboxylic acids is 1. The van der Waals surface area contributed by atoms with Gasteiger partial charge in [0.2, 0.25) is 0 Å². The van der Waals surface area contributed by atoms with E-state index < -0.39 is 23.9 Å². The van der Waals surface area contributed by atoms with Gasteiger partial charge in [-0.2, -0.15) is 0 Å². The molecule has 3 amide bonds. The summed E-state index contributed by atoms with van der Waals surface area (Å²) in [7, 11) is 0.